The Kier molecular flexibility index (Phi) is 4.87. The van der Waals surface area contributed by atoms with Crippen molar-refractivity contribution in [1.29, 1.82) is 0 Å². The molecule has 0 radical (unpaired) electrons. The standard InChI is InChI=1S/C21H23ClN2O3/c1-3-10-27-19-16(22)11-13(12-18(19)26-2)20-23-17-7-5-4-6-15(17)21(25)24(20)14-8-9-14/h4-7,11-12,14,20,23H,3,8-10H2,1-2H3. The molecular weight excluding hydrogens is 364 g/mol. The molecule has 1 amide bonds. The number of rotatable bonds is 6. The minimum absolute atomic E-state index is 0.0539. The molecule has 1 saturated carbocycles. The molecule has 2 aromatic rings. The normalized spacial score (nSPS) is 18.7. The van der Waals surface area contributed by atoms with Crippen LogP contribution >= 0.6 is 11.6 Å². The summed E-state index contributed by atoms with van der Waals surface area (Å²) in [4.78, 5) is 15.1. The molecule has 1 aliphatic heterocycles. The number of fused-ring (bicyclic) bond motifs is 1. The van der Waals surface area contributed by atoms with Gasteiger partial charge in [-0.15, -0.1) is 0 Å². The maximum atomic E-state index is 13.1. The number of para-hydroxylation sites is 1. The van der Waals surface area contributed by atoms with Gasteiger partial charge in [-0.1, -0.05) is 30.7 Å². The lowest BCUT2D eigenvalue weighted by Crippen LogP contribution is -2.44. The lowest BCUT2D eigenvalue weighted by Gasteiger charge is -2.38. The number of carbonyl (C=O) groups excluding carboxylic acids is 1. The lowest BCUT2D eigenvalue weighted by molar-refractivity contribution is 0.0666. The number of benzene rings is 2. The molecule has 1 unspecified atom stereocenters. The number of amides is 1. The van der Waals surface area contributed by atoms with E-state index in [4.69, 9.17) is 21.1 Å². The number of ether oxygens (including phenoxy) is 2. The predicted octanol–water partition coefficient (Wildman–Crippen LogP) is 4.87. The Bertz CT molecular complexity index is 867. The van der Waals surface area contributed by atoms with E-state index in [-0.39, 0.29) is 18.1 Å². The van der Waals surface area contributed by atoms with Crippen molar-refractivity contribution in [2.24, 2.45) is 0 Å². The molecule has 1 aliphatic carbocycles. The second-order valence-electron chi connectivity index (χ2n) is 6.92. The zero-order chi connectivity index (χ0) is 19.0. The first-order chi connectivity index (χ1) is 13.1. The quantitative estimate of drug-likeness (QED) is 0.769. The van der Waals surface area contributed by atoms with Crippen LogP contribution in [0.5, 0.6) is 11.5 Å². The molecule has 27 heavy (non-hydrogen) atoms. The number of hydrogen-bond acceptors (Lipinski definition) is 4. The summed E-state index contributed by atoms with van der Waals surface area (Å²) in [6.07, 6.45) is 2.64. The molecule has 0 saturated heterocycles. The van der Waals surface area contributed by atoms with Gasteiger partial charge in [0.2, 0.25) is 0 Å². The highest BCUT2D eigenvalue weighted by molar-refractivity contribution is 6.32. The van der Waals surface area contributed by atoms with Crippen LogP contribution in [0.15, 0.2) is 36.4 Å². The number of nitrogens with one attached hydrogen (secondary N) is 1. The molecule has 0 spiro atoms. The van der Waals surface area contributed by atoms with E-state index in [0.717, 1.165) is 30.5 Å². The summed E-state index contributed by atoms with van der Waals surface area (Å²) in [6.45, 7) is 2.61. The highest BCUT2D eigenvalue weighted by Crippen LogP contribution is 2.44. The van der Waals surface area contributed by atoms with Gasteiger partial charge in [0.25, 0.3) is 5.91 Å². The molecule has 0 bridgehead atoms. The van der Waals surface area contributed by atoms with E-state index in [2.05, 4.69) is 5.32 Å². The third kappa shape index (κ3) is 3.32. The van der Waals surface area contributed by atoms with Gasteiger partial charge in [-0.05, 0) is 43.5 Å². The first kappa shape index (κ1) is 18.0. The monoisotopic (exact) mass is 386 g/mol. The Morgan fingerprint density at radius 3 is 2.74 bits per heavy atom. The number of carbonyl (C=O) groups is 1. The van der Waals surface area contributed by atoms with Gasteiger partial charge in [0.15, 0.2) is 11.5 Å². The van der Waals surface area contributed by atoms with Gasteiger partial charge >= 0.3 is 0 Å². The highest BCUT2D eigenvalue weighted by Gasteiger charge is 2.42. The van der Waals surface area contributed by atoms with E-state index in [9.17, 15) is 4.79 Å². The summed E-state index contributed by atoms with van der Waals surface area (Å²) in [7, 11) is 1.60. The maximum absolute atomic E-state index is 13.1. The molecule has 1 fully saturated rings. The van der Waals surface area contributed by atoms with E-state index < -0.39 is 0 Å². The molecular formula is C21H23ClN2O3. The predicted molar refractivity (Wildman–Crippen MR) is 106 cm³/mol. The van der Waals surface area contributed by atoms with E-state index in [1.165, 1.54) is 0 Å². The summed E-state index contributed by atoms with van der Waals surface area (Å²) in [5.74, 6) is 1.18. The molecule has 142 valence electrons. The summed E-state index contributed by atoms with van der Waals surface area (Å²) >= 11 is 6.51. The van der Waals surface area contributed by atoms with E-state index in [1.54, 1.807) is 7.11 Å². The van der Waals surface area contributed by atoms with Crippen LogP contribution in [0, 0.1) is 0 Å². The summed E-state index contributed by atoms with van der Waals surface area (Å²) in [5.41, 5.74) is 2.43. The number of hydrogen-bond donors (Lipinski definition) is 1. The molecule has 1 atom stereocenters. The van der Waals surface area contributed by atoms with E-state index >= 15 is 0 Å². The van der Waals surface area contributed by atoms with Crippen LogP contribution in [0.2, 0.25) is 5.02 Å². The van der Waals surface area contributed by atoms with Gasteiger partial charge in [-0.2, -0.15) is 0 Å². The van der Waals surface area contributed by atoms with Crippen LogP contribution < -0.4 is 14.8 Å². The first-order valence-corrected chi connectivity index (χ1v) is 9.70. The van der Waals surface area contributed by atoms with Gasteiger partial charge in [0, 0.05) is 17.3 Å². The Morgan fingerprint density at radius 1 is 1.26 bits per heavy atom. The molecule has 5 nitrogen and oxygen atoms in total. The number of anilines is 1. The van der Waals surface area contributed by atoms with Gasteiger partial charge in [-0.25, -0.2) is 0 Å². The van der Waals surface area contributed by atoms with Crippen LogP contribution in [-0.2, 0) is 0 Å². The molecule has 0 aromatic heterocycles. The van der Waals surface area contributed by atoms with Gasteiger partial charge in [0.05, 0.1) is 24.3 Å². The summed E-state index contributed by atoms with van der Waals surface area (Å²) < 4.78 is 11.3. The average Bonchev–Trinajstić information content (AvgIpc) is 3.51. The topological polar surface area (TPSA) is 50.8 Å². The number of halogens is 1. The zero-order valence-electron chi connectivity index (χ0n) is 15.5. The molecule has 1 N–H and O–H groups in total. The largest absolute Gasteiger partial charge is 0.493 e. The van der Waals surface area contributed by atoms with Crippen molar-refractivity contribution in [2.75, 3.05) is 19.0 Å². The Hall–Kier alpha value is -2.40. The van der Waals surface area contributed by atoms with Crippen LogP contribution in [0.1, 0.15) is 48.3 Å². The summed E-state index contributed by atoms with van der Waals surface area (Å²) in [6, 6.07) is 11.6. The molecule has 2 aliphatic rings. The summed E-state index contributed by atoms with van der Waals surface area (Å²) in [5, 5.41) is 3.99. The maximum Gasteiger partial charge on any atom is 0.258 e. The van der Waals surface area contributed by atoms with Crippen LogP contribution in [0.25, 0.3) is 0 Å². The molecule has 2 aromatic carbocycles. The van der Waals surface area contributed by atoms with Crippen LogP contribution in [-0.4, -0.2) is 30.6 Å². The Balaban J connectivity index is 1.75. The second kappa shape index (κ2) is 7.31. The minimum atomic E-state index is -0.286. The fourth-order valence-corrected chi connectivity index (χ4v) is 3.76. The fourth-order valence-electron chi connectivity index (χ4n) is 3.48. The number of nitrogens with zero attached hydrogens (tertiary/aromatic N) is 1. The van der Waals surface area contributed by atoms with E-state index in [0.29, 0.717) is 28.7 Å². The second-order valence-corrected chi connectivity index (χ2v) is 7.33. The number of methoxy groups -OCH3 is 1. The van der Waals surface area contributed by atoms with Crippen LogP contribution in [0.4, 0.5) is 5.69 Å². The van der Waals surface area contributed by atoms with Crippen molar-refractivity contribution in [3.8, 4) is 11.5 Å². The van der Waals surface area contributed by atoms with Gasteiger partial charge in [-0.3, -0.25) is 4.79 Å². The van der Waals surface area contributed by atoms with E-state index in [1.807, 2.05) is 48.2 Å². The average molecular weight is 387 g/mol. The third-order valence-electron chi connectivity index (χ3n) is 4.92. The first-order valence-electron chi connectivity index (χ1n) is 9.32. The highest BCUT2D eigenvalue weighted by atomic mass is 35.5. The fraction of sp³-hybridized carbons (Fsp3) is 0.381. The Morgan fingerprint density at radius 2 is 2.04 bits per heavy atom. The van der Waals surface area contributed by atoms with Crippen molar-refractivity contribution in [3.63, 3.8) is 0 Å². The Labute approximate surface area is 164 Å². The SMILES string of the molecule is CCCOc1c(Cl)cc(C2Nc3ccccc3C(=O)N2C2CC2)cc1OC. The van der Waals surface area contributed by atoms with Crippen molar-refractivity contribution in [3.05, 3.63) is 52.5 Å². The van der Waals surface area contributed by atoms with Crippen molar-refractivity contribution in [2.45, 2.75) is 38.4 Å². The molecule has 6 heteroatoms. The minimum Gasteiger partial charge on any atom is -0.493 e. The van der Waals surface area contributed by atoms with Crippen molar-refractivity contribution < 1.29 is 14.3 Å². The van der Waals surface area contributed by atoms with Gasteiger partial charge in [0.1, 0.15) is 6.17 Å². The smallest absolute Gasteiger partial charge is 0.258 e. The zero-order valence-corrected chi connectivity index (χ0v) is 16.3. The lowest BCUT2D eigenvalue weighted by atomic mass is 10.0. The van der Waals surface area contributed by atoms with Crippen molar-refractivity contribution in [1.82, 2.24) is 4.90 Å². The van der Waals surface area contributed by atoms with Crippen LogP contribution in [0.3, 0.4) is 0 Å². The van der Waals surface area contributed by atoms with Gasteiger partial charge < -0.3 is 19.7 Å². The molecule has 1 heterocycles. The van der Waals surface area contributed by atoms with Crippen molar-refractivity contribution >= 4 is 23.2 Å². The molecule has 4 rings (SSSR count). The third-order valence-corrected chi connectivity index (χ3v) is 5.20.